The molecule has 0 bridgehead atoms. The molecule has 0 unspecified atom stereocenters. The van der Waals surface area contributed by atoms with E-state index in [0.29, 0.717) is 17.6 Å². The minimum atomic E-state index is -0.153. The van der Waals surface area contributed by atoms with Crippen molar-refractivity contribution in [1.29, 1.82) is 0 Å². The predicted octanol–water partition coefficient (Wildman–Crippen LogP) is 4.03. The fraction of sp³-hybridized carbons (Fsp3) is 0.600. The normalized spacial score (nSPS) is 46.6. The highest BCUT2D eigenvalue weighted by molar-refractivity contribution is 6.01. The van der Waals surface area contributed by atoms with Gasteiger partial charge in [-0.15, -0.1) is 0 Å². The highest BCUT2D eigenvalue weighted by Gasteiger charge is 2.57. The van der Waals surface area contributed by atoms with Crippen LogP contribution in [0.25, 0.3) is 0 Å². The molecule has 0 saturated heterocycles. The van der Waals surface area contributed by atoms with Crippen LogP contribution in [0.3, 0.4) is 0 Å². The van der Waals surface area contributed by atoms with Gasteiger partial charge >= 0.3 is 0 Å². The van der Waals surface area contributed by atoms with Gasteiger partial charge in [0.05, 0.1) is 0 Å². The lowest BCUT2D eigenvalue weighted by Crippen LogP contribution is -2.43. The van der Waals surface area contributed by atoms with E-state index < -0.39 is 0 Å². The van der Waals surface area contributed by atoms with Crippen LogP contribution in [-0.4, -0.2) is 11.6 Å². The Morgan fingerprint density at radius 2 is 2.00 bits per heavy atom. The summed E-state index contributed by atoms with van der Waals surface area (Å²) >= 11 is 0. The standard InChI is InChI=1S/C20H24O2/c1-12-10-17-15-5-4-13-11-14(21)6-8-19(13,2)16(15)7-9-20(17,3)18(12)22/h6-8,11-12,15,17H,4-5,9-10H2,1-3H3/t12-,15+,17+,19+,20+/m0/s1. The van der Waals surface area contributed by atoms with Crippen molar-refractivity contribution < 1.29 is 9.59 Å². The van der Waals surface area contributed by atoms with E-state index >= 15 is 0 Å². The Kier molecular flexibility index (Phi) is 2.77. The van der Waals surface area contributed by atoms with Crippen molar-refractivity contribution in [2.75, 3.05) is 0 Å². The van der Waals surface area contributed by atoms with E-state index in [0.717, 1.165) is 25.7 Å². The van der Waals surface area contributed by atoms with Crippen molar-refractivity contribution in [3.05, 3.63) is 35.5 Å². The molecule has 2 saturated carbocycles. The molecule has 0 N–H and O–H groups in total. The molecule has 5 atom stereocenters. The number of carbonyl (C=O) groups excluding carboxylic acids is 2. The molecular weight excluding hydrogens is 272 g/mol. The molecule has 4 rings (SSSR count). The molecule has 0 aromatic carbocycles. The minimum Gasteiger partial charge on any atom is -0.299 e. The highest BCUT2D eigenvalue weighted by atomic mass is 16.1. The van der Waals surface area contributed by atoms with E-state index in [1.807, 2.05) is 6.08 Å². The van der Waals surface area contributed by atoms with Crippen LogP contribution >= 0.6 is 0 Å². The van der Waals surface area contributed by atoms with E-state index in [2.05, 4.69) is 32.9 Å². The molecule has 0 amide bonds. The number of rotatable bonds is 0. The van der Waals surface area contributed by atoms with Gasteiger partial charge < -0.3 is 0 Å². The van der Waals surface area contributed by atoms with Crippen LogP contribution in [0.4, 0.5) is 0 Å². The van der Waals surface area contributed by atoms with Crippen molar-refractivity contribution in [3.63, 3.8) is 0 Å². The summed E-state index contributed by atoms with van der Waals surface area (Å²) in [6.45, 7) is 6.54. The monoisotopic (exact) mass is 296 g/mol. The Labute approximate surface area is 132 Å². The Balaban J connectivity index is 1.79. The average Bonchev–Trinajstić information content (AvgIpc) is 2.72. The van der Waals surface area contributed by atoms with Crippen LogP contribution in [0, 0.1) is 28.6 Å². The van der Waals surface area contributed by atoms with E-state index in [-0.39, 0.29) is 22.5 Å². The number of fused-ring (bicyclic) bond motifs is 5. The maximum absolute atomic E-state index is 12.6. The first-order chi connectivity index (χ1) is 10.4. The summed E-state index contributed by atoms with van der Waals surface area (Å²) in [6.07, 6.45) is 12.0. The lowest BCUT2D eigenvalue weighted by atomic mass is 9.53. The minimum absolute atomic E-state index is 0.0902. The Morgan fingerprint density at radius 3 is 2.77 bits per heavy atom. The lowest BCUT2D eigenvalue weighted by Gasteiger charge is -2.50. The molecule has 0 aliphatic heterocycles. The Bertz CT molecular complexity index is 665. The quantitative estimate of drug-likeness (QED) is 0.632. The third-order valence-electron chi connectivity index (χ3n) is 6.96. The topological polar surface area (TPSA) is 34.1 Å². The van der Waals surface area contributed by atoms with Crippen molar-refractivity contribution in [2.45, 2.75) is 46.5 Å². The third-order valence-corrected chi connectivity index (χ3v) is 6.96. The summed E-state index contributed by atoms with van der Waals surface area (Å²) in [4.78, 5) is 24.4. The summed E-state index contributed by atoms with van der Waals surface area (Å²) < 4.78 is 0. The van der Waals surface area contributed by atoms with Crippen molar-refractivity contribution in [2.24, 2.45) is 28.6 Å². The maximum atomic E-state index is 12.6. The molecule has 0 aromatic rings. The van der Waals surface area contributed by atoms with Crippen molar-refractivity contribution in [1.82, 2.24) is 0 Å². The highest BCUT2D eigenvalue weighted by Crippen LogP contribution is 2.61. The predicted molar refractivity (Wildman–Crippen MR) is 86.1 cm³/mol. The van der Waals surface area contributed by atoms with Gasteiger partial charge in [0, 0.05) is 16.7 Å². The lowest BCUT2D eigenvalue weighted by molar-refractivity contribution is -0.129. The number of Topliss-reactive ketones (excluding diaryl/α,β-unsaturated/α-hetero) is 1. The molecule has 4 aliphatic rings. The van der Waals surface area contributed by atoms with Gasteiger partial charge in [0.25, 0.3) is 0 Å². The molecule has 116 valence electrons. The van der Waals surface area contributed by atoms with Gasteiger partial charge in [-0.3, -0.25) is 9.59 Å². The summed E-state index contributed by atoms with van der Waals surface area (Å²) in [7, 11) is 0. The molecule has 2 fully saturated rings. The molecule has 0 aromatic heterocycles. The van der Waals surface area contributed by atoms with E-state index in [1.165, 1.54) is 11.1 Å². The molecule has 2 heteroatoms. The van der Waals surface area contributed by atoms with E-state index in [1.54, 1.807) is 6.08 Å². The number of ketones is 2. The first-order valence-electron chi connectivity index (χ1n) is 8.55. The van der Waals surface area contributed by atoms with Gasteiger partial charge in [-0.25, -0.2) is 0 Å². The SMILES string of the molecule is C[C@H]1C[C@@H]2[C@@H]3CCC4=CC(=O)C=C[C@@]4(C)C3=CC[C@@]2(C)C1=O. The van der Waals surface area contributed by atoms with Crippen LogP contribution in [0.5, 0.6) is 0 Å². The Hall–Kier alpha value is -1.44. The fourth-order valence-electron chi connectivity index (χ4n) is 5.65. The zero-order valence-corrected chi connectivity index (χ0v) is 13.7. The number of hydrogen-bond acceptors (Lipinski definition) is 2. The smallest absolute Gasteiger partial charge is 0.178 e. The van der Waals surface area contributed by atoms with Crippen molar-refractivity contribution >= 4 is 11.6 Å². The molecule has 4 aliphatic carbocycles. The van der Waals surface area contributed by atoms with E-state index in [4.69, 9.17) is 0 Å². The van der Waals surface area contributed by atoms with Gasteiger partial charge in [-0.05, 0) is 56.6 Å². The summed E-state index contributed by atoms with van der Waals surface area (Å²) in [6, 6.07) is 0. The molecule has 0 heterocycles. The zero-order valence-electron chi connectivity index (χ0n) is 13.7. The zero-order chi connectivity index (χ0) is 15.7. The molecule has 2 nitrogen and oxygen atoms in total. The van der Waals surface area contributed by atoms with Gasteiger partial charge in [-0.2, -0.15) is 0 Å². The first-order valence-corrected chi connectivity index (χ1v) is 8.55. The van der Waals surface area contributed by atoms with E-state index in [9.17, 15) is 9.59 Å². The number of hydrogen-bond donors (Lipinski definition) is 0. The third kappa shape index (κ3) is 1.61. The molecule has 0 radical (unpaired) electrons. The second-order valence-corrected chi connectivity index (χ2v) is 8.14. The van der Waals surface area contributed by atoms with Crippen LogP contribution in [0.15, 0.2) is 35.5 Å². The number of allylic oxidation sites excluding steroid dienone is 6. The fourth-order valence-corrected chi connectivity index (χ4v) is 5.65. The second kappa shape index (κ2) is 4.31. The Morgan fingerprint density at radius 1 is 1.23 bits per heavy atom. The molecule has 0 spiro atoms. The van der Waals surface area contributed by atoms with Crippen LogP contribution in [-0.2, 0) is 9.59 Å². The number of carbonyl (C=O) groups is 2. The van der Waals surface area contributed by atoms with Crippen molar-refractivity contribution in [3.8, 4) is 0 Å². The summed E-state index contributed by atoms with van der Waals surface area (Å²) in [5.41, 5.74) is 2.49. The van der Waals surface area contributed by atoms with Gasteiger partial charge in [-0.1, -0.05) is 37.1 Å². The van der Waals surface area contributed by atoms with Crippen LogP contribution in [0.1, 0.15) is 46.5 Å². The summed E-state index contributed by atoms with van der Waals surface area (Å²) in [5, 5.41) is 0. The second-order valence-electron chi connectivity index (χ2n) is 8.14. The average molecular weight is 296 g/mol. The molecular formula is C20H24O2. The van der Waals surface area contributed by atoms with Crippen LogP contribution in [0.2, 0.25) is 0 Å². The maximum Gasteiger partial charge on any atom is 0.178 e. The molecule has 22 heavy (non-hydrogen) atoms. The van der Waals surface area contributed by atoms with Gasteiger partial charge in [0.15, 0.2) is 5.78 Å². The first kappa shape index (κ1) is 14.2. The largest absolute Gasteiger partial charge is 0.299 e. The van der Waals surface area contributed by atoms with Crippen LogP contribution < -0.4 is 0 Å². The van der Waals surface area contributed by atoms with Gasteiger partial charge in [0.1, 0.15) is 5.78 Å². The van der Waals surface area contributed by atoms with Gasteiger partial charge in [0.2, 0.25) is 0 Å². The summed E-state index contributed by atoms with van der Waals surface area (Å²) in [5.74, 6) is 1.79.